The molecule has 6 heteroatoms. The van der Waals surface area contributed by atoms with Gasteiger partial charge in [-0.1, -0.05) is 0 Å². The molecule has 2 fully saturated rings. The Morgan fingerprint density at radius 1 is 1.36 bits per heavy atom. The van der Waals surface area contributed by atoms with Gasteiger partial charge in [-0.2, -0.15) is 11.3 Å². The van der Waals surface area contributed by atoms with Gasteiger partial charge in [0.25, 0.3) is 5.91 Å². The summed E-state index contributed by atoms with van der Waals surface area (Å²) >= 11 is 1.71. The van der Waals surface area contributed by atoms with Crippen molar-refractivity contribution in [2.24, 2.45) is 5.41 Å². The van der Waals surface area contributed by atoms with Gasteiger partial charge in [0.05, 0.1) is 12.9 Å². The highest BCUT2D eigenvalue weighted by Crippen LogP contribution is 2.42. The summed E-state index contributed by atoms with van der Waals surface area (Å²) in [6, 6.07) is 5.83. The van der Waals surface area contributed by atoms with E-state index in [-0.39, 0.29) is 24.0 Å². The van der Waals surface area contributed by atoms with Crippen LogP contribution in [-0.2, 0) is 6.54 Å². The van der Waals surface area contributed by atoms with Crippen LogP contribution in [0.15, 0.2) is 39.6 Å². The summed E-state index contributed by atoms with van der Waals surface area (Å²) in [5.41, 5.74) is 1.22. The largest absolute Gasteiger partial charge is 0.459 e. The molecule has 134 valence electrons. The van der Waals surface area contributed by atoms with Gasteiger partial charge < -0.3 is 14.4 Å². The van der Waals surface area contributed by atoms with E-state index in [4.69, 9.17) is 4.42 Å². The Labute approximate surface area is 151 Å². The van der Waals surface area contributed by atoms with Crippen LogP contribution in [0.4, 0.5) is 0 Å². The van der Waals surface area contributed by atoms with Crippen LogP contribution in [0.5, 0.6) is 0 Å². The molecule has 25 heavy (non-hydrogen) atoms. The number of aliphatic hydroxyl groups excluding tert-OH is 1. The maximum atomic E-state index is 12.7. The molecule has 1 amide bonds. The van der Waals surface area contributed by atoms with E-state index in [2.05, 4.69) is 21.7 Å². The lowest BCUT2D eigenvalue weighted by Crippen LogP contribution is -2.63. The van der Waals surface area contributed by atoms with Crippen molar-refractivity contribution >= 4 is 17.2 Å². The first-order valence-electron chi connectivity index (χ1n) is 8.91. The van der Waals surface area contributed by atoms with Crippen LogP contribution < -0.4 is 0 Å². The third kappa shape index (κ3) is 3.14. The number of furan rings is 1. The number of carbonyl (C=O) groups is 1. The summed E-state index contributed by atoms with van der Waals surface area (Å²) in [4.78, 5) is 17.1. The summed E-state index contributed by atoms with van der Waals surface area (Å²) in [6.45, 7) is 3.44. The van der Waals surface area contributed by atoms with Crippen molar-refractivity contribution in [1.29, 1.82) is 0 Å². The minimum absolute atomic E-state index is 0.0439. The molecule has 2 saturated heterocycles. The molecular formula is C19H24N2O3S. The minimum atomic E-state index is -0.0891. The Morgan fingerprint density at radius 3 is 3.00 bits per heavy atom. The Morgan fingerprint density at radius 2 is 2.28 bits per heavy atom. The molecule has 4 heterocycles. The van der Waals surface area contributed by atoms with Crippen LogP contribution in [0.2, 0.25) is 0 Å². The van der Waals surface area contributed by atoms with E-state index < -0.39 is 0 Å². The van der Waals surface area contributed by atoms with Gasteiger partial charge >= 0.3 is 0 Å². The second kappa shape index (κ2) is 6.94. The van der Waals surface area contributed by atoms with E-state index in [1.54, 1.807) is 29.7 Å². The average Bonchev–Trinajstić information content (AvgIpc) is 3.35. The Hall–Kier alpha value is -1.63. The van der Waals surface area contributed by atoms with E-state index in [0.29, 0.717) is 18.8 Å². The average molecular weight is 360 g/mol. The normalized spacial score (nSPS) is 27.2. The van der Waals surface area contributed by atoms with E-state index in [1.807, 2.05) is 4.90 Å². The van der Waals surface area contributed by atoms with Gasteiger partial charge in [0.1, 0.15) is 0 Å². The summed E-state index contributed by atoms with van der Waals surface area (Å²) < 4.78 is 5.30. The molecule has 0 bridgehead atoms. The molecule has 2 aromatic heterocycles. The zero-order chi connectivity index (χ0) is 17.3. The molecule has 0 saturated carbocycles. The number of rotatable bonds is 4. The first kappa shape index (κ1) is 16.8. The number of aliphatic hydroxyl groups is 1. The third-order valence-electron chi connectivity index (χ3n) is 5.84. The number of likely N-dealkylation sites (tertiary alicyclic amines) is 2. The van der Waals surface area contributed by atoms with Crippen molar-refractivity contribution in [1.82, 2.24) is 9.80 Å². The van der Waals surface area contributed by atoms with Gasteiger partial charge in [0.15, 0.2) is 5.76 Å². The zero-order valence-electron chi connectivity index (χ0n) is 14.3. The highest BCUT2D eigenvalue weighted by atomic mass is 32.1. The number of nitrogens with zero attached hydrogens (tertiary/aromatic N) is 2. The van der Waals surface area contributed by atoms with Crippen LogP contribution in [0, 0.1) is 5.41 Å². The van der Waals surface area contributed by atoms with Gasteiger partial charge in [-0.3, -0.25) is 9.69 Å². The molecule has 0 radical (unpaired) electrons. The fourth-order valence-corrected chi connectivity index (χ4v) is 5.07. The summed E-state index contributed by atoms with van der Waals surface area (Å²) in [5, 5.41) is 14.5. The molecule has 2 aromatic rings. The topological polar surface area (TPSA) is 56.9 Å². The molecule has 4 rings (SSSR count). The summed E-state index contributed by atoms with van der Waals surface area (Å²) in [5.74, 6) is 0.356. The first-order chi connectivity index (χ1) is 12.2. The van der Waals surface area contributed by atoms with Gasteiger partial charge in [-0.05, 0) is 60.3 Å². The van der Waals surface area contributed by atoms with Crippen LogP contribution >= 0.6 is 11.3 Å². The van der Waals surface area contributed by atoms with E-state index >= 15 is 0 Å². The highest BCUT2D eigenvalue weighted by molar-refractivity contribution is 7.07. The number of hydrogen-bond acceptors (Lipinski definition) is 5. The quantitative estimate of drug-likeness (QED) is 0.911. The number of fused-ring (bicyclic) bond motifs is 1. The Kier molecular flexibility index (Phi) is 4.67. The SMILES string of the molecule is O=C(c1ccco1)N1CC[C@@]2(CO)CCCN(Cc3ccsc3)[C@@H]2C1. The predicted molar refractivity (Wildman–Crippen MR) is 96.5 cm³/mol. The van der Waals surface area contributed by atoms with Gasteiger partial charge in [-0.15, -0.1) is 0 Å². The van der Waals surface area contributed by atoms with Gasteiger partial charge in [-0.25, -0.2) is 0 Å². The maximum absolute atomic E-state index is 12.7. The first-order valence-corrected chi connectivity index (χ1v) is 9.85. The van der Waals surface area contributed by atoms with Crippen LogP contribution in [0.3, 0.4) is 0 Å². The van der Waals surface area contributed by atoms with Crippen LogP contribution in [-0.4, -0.2) is 53.1 Å². The fraction of sp³-hybridized carbons (Fsp3) is 0.526. The second-order valence-corrected chi connectivity index (χ2v) is 8.00. The molecule has 2 aliphatic heterocycles. The Balaban J connectivity index is 1.56. The van der Waals surface area contributed by atoms with Gasteiger partial charge in [0.2, 0.25) is 0 Å². The molecule has 2 aliphatic rings. The Bertz CT molecular complexity index is 700. The molecule has 0 spiro atoms. The smallest absolute Gasteiger partial charge is 0.289 e. The van der Waals surface area contributed by atoms with Crippen LogP contribution in [0.25, 0.3) is 0 Å². The molecule has 0 aromatic carbocycles. The highest BCUT2D eigenvalue weighted by Gasteiger charge is 2.48. The molecule has 0 unspecified atom stereocenters. The molecule has 0 aliphatic carbocycles. The lowest BCUT2D eigenvalue weighted by atomic mass is 9.69. The molecule has 5 nitrogen and oxygen atoms in total. The van der Waals surface area contributed by atoms with Crippen molar-refractivity contribution < 1.29 is 14.3 Å². The maximum Gasteiger partial charge on any atom is 0.289 e. The number of hydrogen-bond donors (Lipinski definition) is 1. The van der Waals surface area contributed by atoms with Crippen LogP contribution in [0.1, 0.15) is 35.4 Å². The standard InChI is InChI=1S/C19H24N2O3S/c22-14-19-5-2-7-20(11-15-4-10-25-13-15)17(19)12-21(8-6-19)18(23)16-3-1-9-24-16/h1,3-4,9-10,13,17,22H,2,5-8,11-12,14H2/t17-,19-/m1/s1. The van der Waals surface area contributed by atoms with Crippen molar-refractivity contribution in [3.8, 4) is 0 Å². The lowest BCUT2D eigenvalue weighted by molar-refractivity contribution is -0.0730. The van der Waals surface area contributed by atoms with Crippen molar-refractivity contribution in [2.75, 3.05) is 26.2 Å². The number of carbonyl (C=O) groups excluding carboxylic acids is 1. The van der Waals surface area contributed by atoms with Crippen molar-refractivity contribution in [3.63, 3.8) is 0 Å². The molecular weight excluding hydrogens is 336 g/mol. The predicted octanol–water partition coefficient (Wildman–Crippen LogP) is 2.83. The van der Waals surface area contributed by atoms with E-state index in [0.717, 1.165) is 32.4 Å². The zero-order valence-corrected chi connectivity index (χ0v) is 15.1. The molecule has 2 atom stereocenters. The lowest BCUT2D eigenvalue weighted by Gasteiger charge is -2.54. The third-order valence-corrected chi connectivity index (χ3v) is 6.57. The summed E-state index contributed by atoms with van der Waals surface area (Å²) in [6.07, 6.45) is 4.53. The van der Waals surface area contributed by atoms with Gasteiger partial charge in [0, 0.05) is 31.1 Å². The van der Waals surface area contributed by atoms with Crippen molar-refractivity contribution in [3.05, 3.63) is 46.5 Å². The number of thiophene rings is 1. The second-order valence-electron chi connectivity index (χ2n) is 7.22. The monoisotopic (exact) mass is 360 g/mol. The molecule has 1 N–H and O–H groups in total. The fourth-order valence-electron chi connectivity index (χ4n) is 4.41. The minimum Gasteiger partial charge on any atom is -0.459 e. The number of amides is 1. The van der Waals surface area contributed by atoms with E-state index in [1.165, 1.54) is 5.56 Å². The number of piperidine rings is 2. The van der Waals surface area contributed by atoms with Crippen molar-refractivity contribution in [2.45, 2.75) is 31.8 Å². The summed E-state index contributed by atoms with van der Waals surface area (Å²) in [7, 11) is 0. The van der Waals surface area contributed by atoms with E-state index in [9.17, 15) is 9.90 Å².